The van der Waals surface area contributed by atoms with Crippen molar-refractivity contribution in [3.63, 3.8) is 0 Å². The summed E-state index contributed by atoms with van der Waals surface area (Å²) in [5.41, 5.74) is 4.37. The average Bonchev–Trinajstić information content (AvgIpc) is 3.63. The number of fused-ring (bicyclic) bond motifs is 1. The summed E-state index contributed by atoms with van der Waals surface area (Å²) >= 11 is 0. The molecule has 2 saturated heterocycles. The maximum Gasteiger partial charge on any atom is 0.319 e. The van der Waals surface area contributed by atoms with E-state index >= 15 is 0 Å². The van der Waals surface area contributed by atoms with Crippen molar-refractivity contribution in [1.82, 2.24) is 25.1 Å². The molecule has 3 aliphatic heterocycles. The van der Waals surface area contributed by atoms with Crippen molar-refractivity contribution in [1.29, 1.82) is 0 Å². The van der Waals surface area contributed by atoms with Crippen molar-refractivity contribution in [3.8, 4) is 11.3 Å². The predicted octanol–water partition coefficient (Wildman–Crippen LogP) is 1.83. The van der Waals surface area contributed by atoms with E-state index in [0.29, 0.717) is 58.1 Å². The molecule has 4 aliphatic rings. The minimum Gasteiger partial charge on any atom is -0.379 e. The summed E-state index contributed by atoms with van der Waals surface area (Å²) in [6.45, 7) is 8.31. The Labute approximate surface area is 222 Å². The molecule has 1 aromatic heterocycles. The van der Waals surface area contributed by atoms with Crippen LogP contribution in [0.2, 0.25) is 0 Å². The van der Waals surface area contributed by atoms with Gasteiger partial charge < -0.3 is 29.9 Å². The van der Waals surface area contributed by atoms with Crippen LogP contribution in [0.3, 0.4) is 0 Å². The highest BCUT2D eigenvalue weighted by atomic mass is 16.5. The van der Waals surface area contributed by atoms with Gasteiger partial charge in [0.25, 0.3) is 0 Å². The first-order valence-corrected chi connectivity index (χ1v) is 13.5. The van der Waals surface area contributed by atoms with Crippen LogP contribution in [0.25, 0.3) is 11.3 Å². The van der Waals surface area contributed by atoms with Gasteiger partial charge in [-0.25, -0.2) is 14.8 Å². The van der Waals surface area contributed by atoms with E-state index in [1.807, 2.05) is 29.2 Å². The molecule has 1 saturated carbocycles. The standard InChI is InChI=1S/C27H35N7O4/c1-18-17-38-13-10-34(18)26-30-23-15-33(24(35)16-32-8-11-37-12-9-32)14-22(23)25(31-26)19-2-4-20(5-3-19)28-27(36)29-21-6-7-21/h2-5,18,21H,6-17H2,1H3,(H2,28,29,36)/t18-/m0/s1. The molecule has 38 heavy (non-hydrogen) atoms. The number of nitrogens with one attached hydrogen (secondary N) is 2. The Balaban J connectivity index is 1.25. The maximum absolute atomic E-state index is 13.2. The number of aromatic nitrogens is 2. The predicted molar refractivity (Wildman–Crippen MR) is 142 cm³/mol. The molecule has 3 fully saturated rings. The van der Waals surface area contributed by atoms with Gasteiger partial charge in [0.05, 0.1) is 63.5 Å². The first kappa shape index (κ1) is 25.0. The summed E-state index contributed by atoms with van der Waals surface area (Å²) in [5.74, 6) is 0.765. The van der Waals surface area contributed by atoms with Crippen LogP contribution in [0, 0.1) is 0 Å². The quantitative estimate of drug-likeness (QED) is 0.592. The highest BCUT2D eigenvalue weighted by Crippen LogP contribution is 2.33. The zero-order chi connectivity index (χ0) is 26.1. The van der Waals surface area contributed by atoms with E-state index in [4.69, 9.17) is 19.4 Å². The second-order valence-electron chi connectivity index (χ2n) is 10.5. The third kappa shape index (κ3) is 5.59. The Kier molecular flexibility index (Phi) is 7.14. The van der Waals surface area contributed by atoms with Gasteiger partial charge in [-0.05, 0) is 31.9 Å². The zero-order valence-electron chi connectivity index (χ0n) is 21.8. The molecular formula is C27H35N7O4. The van der Waals surface area contributed by atoms with Gasteiger partial charge in [0.1, 0.15) is 0 Å². The lowest BCUT2D eigenvalue weighted by atomic mass is 10.1. The van der Waals surface area contributed by atoms with Crippen LogP contribution in [0.15, 0.2) is 24.3 Å². The van der Waals surface area contributed by atoms with Gasteiger partial charge in [-0.1, -0.05) is 12.1 Å². The molecule has 2 N–H and O–H groups in total. The number of benzene rings is 1. The molecule has 11 nitrogen and oxygen atoms in total. The van der Waals surface area contributed by atoms with Crippen molar-refractivity contribution < 1.29 is 19.1 Å². The van der Waals surface area contributed by atoms with Crippen molar-refractivity contribution in [2.45, 2.75) is 44.9 Å². The van der Waals surface area contributed by atoms with Gasteiger partial charge in [0.2, 0.25) is 11.9 Å². The molecule has 0 spiro atoms. The van der Waals surface area contributed by atoms with E-state index in [0.717, 1.165) is 60.7 Å². The number of carbonyl (C=O) groups excluding carboxylic acids is 2. The molecular weight excluding hydrogens is 486 g/mol. The van der Waals surface area contributed by atoms with Crippen molar-refractivity contribution in [3.05, 3.63) is 35.5 Å². The lowest BCUT2D eigenvalue weighted by Gasteiger charge is -2.33. The van der Waals surface area contributed by atoms with Crippen LogP contribution in [0.5, 0.6) is 0 Å². The second kappa shape index (κ2) is 10.8. The molecule has 6 rings (SSSR count). The number of hydrogen-bond donors (Lipinski definition) is 2. The van der Waals surface area contributed by atoms with Crippen LogP contribution in [0.4, 0.5) is 16.4 Å². The fourth-order valence-electron chi connectivity index (χ4n) is 5.15. The number of carbonyl (C=O) groups is 2. The molecule has 0 radical (unpaired) electrons. The molecule has 3 amide bonds. The highest BCUT2D eigenvalue weighted by Gasteiger charge is 2.32. The summed E-state index contributed by atoms with van der Waals surface area (Å²) in [4.78, 5) is 41.6. The largest absolute Gasteiger partial charge is 0.379 e. The van der Waals surface area contributed by atoms with Crippen molar-refractivity contribution in [2.75, 3.05) is 62.8 Å². The number of urea groups is 1. The number of nitrogens with zero attached hydrogens (tertiary/aromatic N) is 5. The van der Waals surface area contributed by atoms with E-state index < -0.39 is 0 Å². The van der Waals surface area contributed by atoms with E-state index in [9.17, 15) is 9.59 Å². The first-order valence-electron chi connectivity index (χ1n) is 13.5. The number of ether oxygens (including phenoxy) is 2. The Morgan fingerprint density at radius 2 is 1.76 bits per heavy atom. The first-order chi connectivity index (χ1) is 18.5. The third-order valence-corrected chi connectivity index (χ3v) is 7.54. The van der Waals surface area contributed by atoms with Crippen LogP contribution in [-0.4, -0.2) is 96.4 Å². The van der Waals surface area contributed by atoms with E-state index in [2.05, 4.69) is 27.4 Å². The lowest BCUT2D eigenvalue weighted by molar-refractivity contribution is -0.134. The third-order valence-electron chi connectivity index (χ3n) is 7.54. The molecule has 0 unspecified atom stereocenters. The molecule has 0 bridgehead atoms. The fourth-order valence-corrected chi connectivity index (χ4v) is 5.15. The smallest absolute Gasteiger partial charge is 0.319 e. The number of morpholine rings is 2. The molecule has 4 heterocycles. The van der Waals surface area contributed by atoms with Crippen molar-refractivity contribution in [2.24, 2.45) is 0 Å². The molecule has 1 atom stereocenters. The SMILES string of the molecule is C[C@H]1COCCN1c1nc2c(c(-c3ccc(NC(=O)NC4CC4)cc3)n1)CN(C(=O)CN1CCOCC1)C2. The average molecular weight is 522 g/mol. The monoisotopic (exact) mass is 521 g/mol. The topological polar surface area (TPSA) is 112 Å². The Hall–Kier alpha value is -3.28. The maximum atomic E-state index is 13.2. The summed E-state index contributed by atoms with van der Waals surface area (Å²) in [6, 6.07) is 8.01. The lowest BCUT2D eigenvalue weighted by Crippen LogP contribution is -2.44. The van der Waals surface area contributed by atoms with Crippen LogP contribution >= 0.6 is 0 Å². The number of amides is 3. The molecule has 11 heteroatoms. The molecule has 2 aromatic rings. The Morgan fingerprint density at radius 3 is 2.50 bits per heavy atom. The highest BCUT2D eigenvalue weighted by molar-refractivity contribution is 5.90. The second-order valence-corrected chi connectivity index (χ2v) is 10.5. The Bertz CT molecular complexity index is 1180. The normalized spacial score (nSPS) is 21.8. The van der Waals surface area contributed by atoms with Gasteiger partial charge in [-0.15, -0.1) is 0 Å². The van der Waals surface area contributed by atoms with Crippen LogP contribution < -0.4 is 15.5 Å². The van der Waals surface area contributed by atoms with Gasteiger partial charge >= 0.3 is 6.03 Å². The minimum absolute atomic E-state index is 0.0957. The summed E-state index contributed by atoms with van der Waals surface area (Å²) in [6.07, 6.45) is 2.09. The van der Waals surface area contributed by atoms with Gasteiger partial charge in [-0.3, -0.25) is 9.69 Å². The van der Waals surface area contributed by atoms with Gasteiger partial charge in [0, 0.05) is 42.5 Å². The molecule has 1 aromatic carbocycles. The van der Waals surface area contributed by atoms with E-state index in [1.165, 1.54) is 0 Å². The van der Waals surface area contributed by atoms with Crippen molar-refractivity contribution >= 4 is 23.6 Å². The van der Waals surface area contributed by atoms with E-state index in [1.54, 1.807) is 0 Å². The van der Waals surface area contributed by atoms with Gasteiger partial charge in [-0.2, -0.15) is 0 Å². The zero-order valence-corrected chi connectivity index (χ0v) is 21.8. The molecule has 1 aliphatic carbocycles. The Morgan fingerprint density at radius 1 is 1.00 bits per heavy atom. The number of anilines is 2. The fraction of sp³-hybridized carbons (Fsp3) is 0.556. The van der Waals surface area contributed by atoms with E-state index in [-0.39, 0.29) is 18.0 Å². The molecule has 202 valence electrons. The van der Waals surface area contributed by atoms with Crippen LogP contribution in [-0.2, 0) is 27.4 Å². The summed E-state index contributed by atoms with van der Waals surface area (Å²) < 4.78 is 11.1. The van der Waals surface area contributed by atoms with Gasteiger partial charge in [0.15, 0.2) is 0 Å². The summed E-state index contributed by atoms with van der Waals surface area (Å²) in [5, 5.41) is 5.84. The van der Waals surface area contributed by atoms with Crippen LogP contribution in [0.1, 0.15) is 31.0 Å². The number of hydrogen-bond acceptors (Lipinski definition) is 8. The number of rotatable bonds is 6. The summed E-state index contributed by atoms with van der Waals surface area (Å²) in [7, 11) is 0. The minimum atomic E-state index is -0.179.